The second kappa shape index (κ2) is 8.60. The monoisotopic (exact) mass is 444 g/mol. The number of alkyl halides is 3. The molecule has 2 heterocycles. The molecule has 0 atom stereocenters. The van der Waals surface area contributed by atoms with Gasteiger partial charge in [0.05, 0.1) is 28.1 Å². The number of carbonyl (C=O) groups excluding carboxylic acids is 1. The largest absolute Gasteiger partial charge is 0.487 e. The molecule has 0 spiro atoms. The van der Waals surface area contributed by atoms with Gasteiger partial charge in [0.25, 0.3) is 5.91 Å². The molecule has 4 aromatic rings. The predicted octanol–water partition coefficient (Wildman–Crippen LogP) is 5.18. The van der Waals surface area contributed by atoms with E-state index >= 15 is 0 Å². The highest BCUT2D eigenvalue weighted by molar-refractivity contribution is 7.07. The van der Waals surface area contributed by atoms with Crippen molar-refractivity contribution in [3.05, 3.63) is 88.6 Å². The maximum Gasteiger partial charge on any atom is 0.416 e. The normalized spacial score (nSPS) is 11.3. The highest BCUT2D eigenvalue weighted by Crippen LogP contribution is 2.33. The van der Waals surface area contributed by atoms with Gasteiger partial charge in [-0.15, -0.1) is 11.3 Å². The van der Waals surface area contributed by atoms with Gasteiger partial charge in [0, 0.05) is 23.3 Å². The summed E-state index contributed by atoms with van der Waals surface area (Å²) < 4.78 is 46.5. The minimum atomic E-state index is -4.54. The summed E-state index contributed by atoms with van der Waals surface area (Å²) in [6, 6.07) is 11.0. The molecule has 0 saturated carbocycles. The zero-order valence-electron chi connectivity index (χ0n) is 15.8. The highest BCUT2D eigenvalue weighted by Gasteiger charge is 2.31. The van der Waals surface area contributed by atoms with Gasteiger partial charge in [-0.1, -0.05) is 0 Å². The molecule has 2 aromatic heterocycles. The van der Waals surface area contributed by atoms with E-state index in [-0.39, 0.29) is 11.3 Å². The van der Waals surface area contributed by atoms with Crippen molar-refractivity contribution in [2.24, 2.45) is 0 Å². The molecular formula is C21H15F3N4O2S. The van der Waals surface area contributed by atoms with Gasteiger partial charge >= 0.3 is 6.18 Å². The summed E-state index contributed by atoms with van der Waals surface area (Å²) in [7, 11) is 0. The Morgan fingerprint density at radius 3 is 2.61 bits per heavy atom. The number of nitrogens with zero attached hydrogens (tertiary/aromatic N) is 3. The van der Waals surface area contributed by atoms with E-state index in [9.17, 15) is 18.0 Å². The number of aromatic nitrogens is 3. The average Bonchev–Trinajstić information content (AvgIpc) is 3.46. The van der Waals surface area contributed by atoms with Crippen molar-refractivity contribution in [3.8, 4) is 11.4 Å². The van der Waals surface area contributed by atoms with E-state index in [0.29, 0.717) is 18.0 Å². The zero-order valence-corrected chi connectivity index (χ0v) is 16.7. The summed E-state index contributed by atoms with van der Waals surface area (Å²) in [4.78, 5) is 16.8. The summed E-state index contributed by atoms with van der Waals surface area (Å²) in [6.45, 7) is 0.298. The first-order valence-electron chi connectivity index (χ1n) is 9.03. The second-order valence-electron chi connectivity index (χ2n) is 6.43. The number of hydrogen-bond acceptors (Lipinski definition) is 5. The third-order valence-corrected chi connectivity index (χ3v) is 4.95. The molecule has 31 heavy (non-hydrogen) atoms. The van der Waals surface area contributed by atoms with Crippen LogP contribution in [0.1, 0.15) is 21.6 Å². The van der Waals surface area contributed by atoms with Crippen LogP contribution in [0.4, 0.5) is 18.9 Å². The number of ether oxygens (including phenoxy) is 1. The summed E-state index contributed by atoms with van der Waals surface area (Å²) >= 11 is 1.46. The van der Waals surface area contributed by atoms with Crippen molar-refractivity contribution in [1.82, 2.24) is 14.8 Å². The molecular weight excluding hydrogens is 429 g/mol. The van der Waals surface area contributed by atoms with Gasteiger partial charge in [-0.3, -0.25) is 4.79 Å². The number of carbonyl (C=O) groups is 1. The van der Waals surface area contributed by atoms with Gasteiger partial charge in [-0.05, 0) is 48.5 Å². The van der Waals surface area contributed by atoms with Crippen LogP contribution >= 0.6 is 11.3 Å². The molecule has 0 saturated heterocycles. The summed E-state index contributed by atoms with van der Waals surface area (Å²) in [5, 5.41) is 8.46. The van der Waals surface area contributed by atoms with Gasteiger partial charge in [0.15, 0.2) is 0 Å². The van der Waals surface area contributed by atoms with Crippen molar-refractivity contribution in [3.63, 3.8) is 0 Å². The molecule has 158 valence electrons. The molecule has 6 nitrogen and oxygen atoms in total. The second-order valence-corrected chi connectivity index (χ2v) is 7.15. The number of rotatable bonds is 6. The SMILES string of the molecule is O=C(Nc1cc(C(F)(F)F)ccc1-n1cccn1)c1ccc(OCc2cscn2)cc1. The maximum atomic E-state index is 13.2. The molecule has 4 rings (SSSR count). The van der Waals surface area contributed by atoms with Crippen molar-refractivity contribution >= 4 is 22.9 Å². The van der Waals surface area contributed by atoms with E-state index in [0.717, 1.165) is 17.8 Å². The van der Waals surface area contributed by atoms with Crippen LogP contribution in [0, 0.1) is 0 Å². The molecule has 10 heteroatoms. The Hall–Kier alpha value is -3.66. The van der Waals surface area contributed by atoms with Gasteiger partial charge in [-0.25, -0.2) is 9.67 Å². The summed E-state index contributed by atoms with van der Waals surface area (Å²) in [5.74, 6) is -0.0142. The van der Waals surface area contributed by atoms with Gasteiger partial charge in [0.1, 0.15) is 12.4 Å². The van der Waals surface area contributed by atoms with E-state index in [1.165, 1.54) is 40.4 Å². The highest BCUT2D eigenvalue weighted by atomic mass is 32.1. The lowest BCUT2D eigenvalue weighted by molar-refractivity contribution is -0.137. The Morgan fingerprint density at radius 1 is 1.16 bits per heavy atom. The number of amides is 1. The van der Waals surface area contributed by atoms with Crippen molar-refractivity contribution in [1.29, 1.82) is 0 Å². The van der Waals surface area contributed by atoms with E-state index < -0.39 is 17.6 Å². The number of benzene rings is 2. The minimum Gasteiger partial charge on any atom is -0.487 e. The number of hydrogen-bond donors (Lipinski definition) is 1. The first kappa shape index (κ1) is 20.6. The van der Waals surface area contributed by atoms with Crippen molar-refractivity contribution in [2.45, 2.75) is 12.8 Å². The van der Waals surface area contributed by atoms with Crippen LogP contribution in [0.5, 0.6) is 5.75 Å². The molecule has 0 aliphatic carbocycles. The van der Waals surface area contributed by atoms with Crippen molar-refractivity contribution < 1.29 is 22.7 Å². The Bertz CT molecular complexity index is 1160. The molecule has 0 fully saturated rings. The number of nitrogens with one attached hydrogen (secondary N) is 1. The molecule has 1 amide bonds. The zero-order chi connectivity index (χ0) is 21.8. The molecule has 2 aromatic carbocycles. The van der Waals surface area contributed by atoms with Crippen molar-refractivity contribution in [2.75, 3.05) is 5.32 Å². The lowest BCUT2D eigenvalue weighted by atomic mass is 10.1. The third-order valence-electron chi connectivity index (χ3n) is 4.31. The molecule has 0 aliphatic rings. The Kier molecular flexibility index (Phi) is 5.72. The van der Waals surface area contributed by atoms with Crippen LogP contribution in [-0.2, 0) is 12.8 Å². The van der Waals surface area contributed by atoms with E-state index in [1.54, 1.807) is 29.9 Å². The molecule has 0 bridgehead atoms. The number of anilines is 1. The molecule has 0 unspecified atom stereocenters. The number of thiazole rings is 1. The van der Waals surface area contributed by atoms with Crippen LogP contribution < -0.4 is 10.1 Å². The maximum absolute atomic E-state index is 13.2. The smallest absolute Gasteiger partial charge is 0.416 e. The lowest BCUT2D eigenvalue weighted by Crippen LogP contribution is -2.15. The Labute approximate surface area is 178 Å². The molecule has 0 aliphatic heterocycles. The average molecular weight is 444 g/mol. The molecule has 1 N–H and O–H groups in total. The first-order chi connectivity index (χ1) is 14.9. The van der Waals surface area contributed by atoms with Gasteiger partial charge < -0.3 is 10.1 Å². The minimum absolute atomic E-state index is 0.00705. The van der Waals surface area contributed by atoms with Crippen LogP contribution in [0.2, 0.25) is 0 Å². The standard InChI is InChI=1S/C21H15F3N4O2S/c22-21(23,24)15-4-7-19(28-9-1-8-26-28)18(10-15)27-20(29)14-2-5-17(6-3-14)30-11-16-12-31-13-25-16/h1-10,12-13H,11H2,(H,27,29). The first-order valence-corrected chi connectivity index (χ1v) is 9.97. The fraction of sp³-hybridized carbons (Fsp3) is 0.0952. The molecule has 0 radical (unpaired) electrons. The Balaban J connectivity index is 1.53. The van der Waals surface area contributed by atoms with Gasteiger partial charge in [0.2, 0.25) is 0 Å². The quantitative estimate of drug-likeness (QED) is 0.445. The van der Waals surface area contributed by atoms with E-state index in [1.807, 2.05) is 5.38 Å². The predicted molar refractivity (Wildman–Crippen MR) is 109 cm³/mol. The van der Waals surface area contributed by atoms with E-state index in [4.69, 9.17) is 4.74 Å². The van der Waals surface area contributed by atoms with Crippen LogP contribution in [0.3, 0.4) is 0 Å². The fourth-order valence-electron chi connectivity index (χ4n) is 2.79. The number of halogens is 3. The van der Waals surface area contributed by atoms with Crippen LogP contribution in [0.15, 0.2) is 71.8 Å². The lowest BCUT2D eigenvalue weighted by Gasteiger charge is -2.15. The fourth-order valence-corrected chi connectivity index (χ4v) is 3.33. The topological polar surface area (TPSA) is 69.0 Å². The van der Waals surface area contributed by atoms with E-state index in [2.05, 4.69) is 15.4 Å². The third kappa shape index (κ3) is 4.92. The Morgan fingerprint density at radius 2 is 1.97 bits per heavy atom. The van der Waals surface area contributed by atoms with Crippen LogP contribution in [-0.4, -0.2) is 20.7 Å². The van der Waals surface area contributed by atoms with Gasteiger partial charge in [-0.2, -0.15) is 18.3 Å². The van der Waals surface area contributed by atoms with Crippen LogP contribution in [0.25, 0.3) is 5.69 Å². The summed E-state index contributed by atoms with van der Waals surface area (Å²) in [5.41, 5.74) is 2.20. The summed E-state index contributed by atoms with van der Waals surface area (Å²) in [6.07, 6.45) is -1.47.